The number of nitrogens with zero attached hydrogens (tertiary/aromatic N) is 1. The number of amides is 1. The van der Waals surface area contributed by atoms with Crippen molar-refractivity contribution in [3.63, 3.8) is 0 Å². The van der Waals surface area contributed by atoms with Crippen LogP contribution < -0.4 is 10.6 Å². The number of halogens is 1. The molecule has 0 aliphatic heterocycles. The van der Waals surface area contributed by atoms with Gasteiger partial charge in [-0.25, -0.2) is 9.37 Å². The van der Waals surface area contributed by atoms with Crippen LogP contribution in [-0.4, -0.2) is 24.0 Å². The third-order valence-corrected chi connectivity index (χ3v) is 4.21. The Bertz CT molecular complexity index is 498. The van der Waals surface area contributed by atoms with E-state index in [2.05, 4.69) is 22.5 Å². The van der Waals surface area contributed by atoms with Crippen molar-refractivity contribution < 1.29 is 9.18 Å². The Kier molecular flexibility index (Phi) is 5.15. The second-order valence-corrected chi connectivity index (χ2v) is 6.11. The molecule has 5 heteroatoms. The molecule has 0 unspecified atom stereocenters. The van der Waals surface area contributed by atoms with Gasteiger partial charge < -0.3 is 10.6 Å². The minimum absolute atomic E-state index is 0.0559. The highest BCUT2D eigenvalue weighted by Crippen LogP contribution is 2.35. The predicted molar refractivity (Wildman–Crippen MR) is 81.9 cm³/mol. The lowest BCUT2D eigenvalue weighted by atomic mass is 9.76. The zero-order valence-corrected chi connectivity index (χ0v) is 12.8. The Labute approximate surface area is 125 Å². The van der Waals surface area contributed by atoms with Crippen LogP contribution in [-0.2, 0) is 0 Å². The van der Waals surface area contributed by atoms with Gasteiger partial charge in [0.15, 0.2) is 11.6 Å². The van der Waals surface area contributed by atoms with Crippen molar-refractivity contribution in [1.82, 2.24) is 10.3 Å². The van der Waals surface area contributed by atoms with E-state index in [1.807, 2.05) is 6.92 Å². The Morgan fingerprint density at radius 2 is 2.10 bits per heavy atom. The zero-order chi connectivity index (χ0) is 15.3. The monoisotopic (exact) mass is 293 g/mol. The number of anilines is 1. The smallest absolute Gasteiger partial charge is 0.254 e. The van der Waals surface area contributed by atoms with Gasteiger partial charge in [-0.1, -0.05) is 26.2 Å². The molecular formula is C16H24FN3O. The van der Waals surface area contributed by atoms with Gasteiger partial charge in [-0.05, 0) is 31.2 Å². The topological polar surface area (TPSA) is 54.0 Å². The van der Waals surface area contributed by atoms with E-state index in [4.69, 9.17) is 0 Å². The molecule has 116 valence electrons. The first kappa shape index (κ1) is 15.7. The molecule has 21 heavy (non-hydrogen) atoms. The van der Waals surface area contributed by atoms with Gasteiger partial charge >= 0.3 is 0 Å². The standard InChI is InChI=1S/C16H24FN3O/c1-3-18-14-13(17)12(7-10-19-14)15(21)20-11-16(2)8-5-4-6-9-16/h7,10H,3-6,8-9,11H2,1-2H3,(H,18,19)(H,20,21). The summed E-state index contributed by atoms with van der Waals surface area (Å²) in [7, 11) is 0. The van der Waals surface area contributed by atoms with Gasteiger partial charge in [-0.3, -0.25) is 4.79 Å². The molecule has 2 N–H and O–H groups in total. The van der Waals surface area contributed by atoms with Crippen molar-refractivity contribution >= 4 is 11.7 Å². The van der Waals surface area contributed by atoms with Gasteiger partial charge in [-0.15, -0.1) is 0 Å². The maximum Gasteiger partial charge on any atom is 0.254 e. The van der Waals surface area contributed by atoms with Gasteiger partial charge in [0, 0.05) is 19.3 Å². The minimum atomic E-state index is -0.578. The Hall–Kier alpha value is -1.65. The molecule has 1 aromatic heterocycles. The number of nitrogens with one attached hydrogen (secondary N) is 2. The fourth-order valence-corrected chi connectivity index (χ4v) is 2.88. The largest absolute Gasteiger partial charge is 0.368 e. The van der Waals surface area contributed by atoms with E-state index in [0.717, 1.165) is 12.8 Å². The van der Waals surface area contributed by atoms with E-state index in [1.165, 1.54) is 31.5 Å². The average molecular weight is 293 g/mol. The molecule has 1 aliphatic carbocycles. The van der Waals surface area contributed by atoms with E-state index >= 15 is 0 Å². The van der Waals surface area contributed by atoms with E-state index in [9.17, 15) is 9.18 Å². The van der Waals surface area contributed by atoms with Crippen molar-refractivity contribution in [2.24, 2.45) is 5.41 Å². The van der Waals surface area contributed by atoms with Crippen LogP contribution in [0.1, 0.15) is 56.3 Å². The summed E-state index contributed by atoms with van der Waals surface area (Å²) in [5.41, 5.74) is 0.197. The molecule has 1 aliphatic rings. The molecule has 4 nitrogen and oxygen atoms in total. The average Bonchev–Trinajstić information content (AvgIpc) is 2.48. The lowest BCUT2D eigenvalue weighted by Gasteiger charge is -2.33. The number of carbonyl (C=O) groups is 1. The van der Waals surface area contributed by atoms with Crippen LogP contribution in [0.5, 0.6) is 0 Å². The fourth-order valence-electron chi connectivity index (χ4n) is 2.88. The third kappa shape index (κ3) is 3.93. The second-order valence-electron chi connectivity index (χ2n) is 6.11. The molecule has 1 heterocycles. The number of rotatable bonds is 5. The summed E-state index contributed by atoms with van der Waals surface area (Å²) in [6, 6.07) is 1.43. The summed E-state index contributed by atoms with van der Waals surface area (Å²) in [6.45, 7) is 5.22. The molecule has 1 saturated carbocycles. The van der Waals surface area contributed by atoms with Crippen LogP contribution in [0.15, 0.2) is 12.3 Å². The fraction of sp³-hybridized carbons (Fsp3) is 0.625. The van der Waals surface area contributed by atoms with Gasteiger partial charge in [0.25, 0.3) is 5.91 Å². The van der Waals surface area contributed by atoms with Gasteiger partial charge in [0.2, 0.25) is 0 Å². The van der Waals surface area contributed by atoms with Crippen molar-refractivity contribution in [1.29, 1.82) is 0 Å². The molecule has 1 aromatic rings. The van der Waals surface area contributed by atoms with Crippen molar-refractivity contribution in [3.8, 4) is 0 Å². The molecule has 0 aromatic carbocycles. The first-order valence-corrected chi connectivity index (χ1v) is 7.72. The molecule has 0 saturated heterocycles. The molecule has 0 spiro atoms. The van der Waals surface area contributed by atoms with E-state index in [-0.39, 0.29) is 22.7 Å². The lowest BCUT2D eigenvalue weighted by molar-refractivity contribution is 0.0915. The van der Waals surface area contributed by atoms with E-state index in [1.54, 1.807) is 0 Å². The highest BCUT2D eigenvalue weighted by molar-refractivity contribution is 5.95. The van der Waals surface area contributed by atoms with Crippen LogP contribution >= 0.6 is 0 Å². The third-order valence-electron chi connectivity index (χ3n) is 4.21. The number of pyridine rings is 1. The summed E-state index contributed by atoms with van der Waals surface area (Å²) >= 11 is 0. The predicted octanol–water partition coefficient (Wildman–Crippen LogP) is 3.35. The molecule has 1 fully saturated rings. The van der Waals surface area contributed by atoms with Crippen LogP contribution in [0, 0.1) is 11.2 Å². The number of aromatic nitrogens is 1. The van der Waals surface area contributed by atoms with Gasteiger partial charge in [-0.2, -0.15) is 0 Å². The minimum Gasteiger partial charge on any atom is -0.368 e. The normalized spacial score (nSPS) is 17.3. The highest BCUT2D eigenvalue weighted by Gasteiger charge is 2.27. The highest BCUT2D eigenvalue weighted by atomic mass is 19.1. The van der Waals surface area contributed by atoms with Crippen LogP contribution in [0.25, 0.3) is 0 Å². The molecule has 0 bridgehead atoms. The molecule has 0 atom stereocenters. The van der Waals surface area contributed by atoms with Crippen LogP contribution in [0.4, 0.5) is 10.2 Å². The van der Waals surface area contributed by atoms with Crippen LogP contribution in [0.3, 0.4) is 0 Å². The van der Waals surface area contributed by atoms with Crippen molar-refractivity contribution in [3.05, 3.63) is 23.6 Å². The Morgan fingerprint density at radius 1 is 1.38 bits per heavy atom. The first-order chi connectivity index (χ1) is 10.1. The molecular weight excluding hydrogens is 269 g/mol. The summed E-state index contributed by atoms with van der Waals surface area (Å²) in [5, 5.41) is 5.70. The Morgan fingerprint density at radius 3 is 2.76 bits per heavy atom. The Balaban J connectivity index is 2.01. The second kappa shape index (κ2) is 6.87. The van der Waals surface area contributed by atoms with E-state index < -0.39 is 5.82 Å². The first-order valence-electron chi connectivity index (χ1n) is 7.72. The summed E-state index contributed by atoms with van der Waals surface area (Å²) in [6.07, 6.45) is 7.39. The maximum atomic E-state index is 14.2. The molecule has 2 rings (SSSR count). The molecule has 0 radical (unpaired) electrons. The number of hydrogen-bond acceptors (Lipinski definition) is 3. The molecule has 1 amide bonds. The number of hydrogen-bond donors (Lipinski definition) is 2. The SMILES string of the molecule is CCNc1nccc(C(=O)NCC2(C)CCCCC2)c1F. The summed E-state index contributed by atoms with van der Waals surface area (Å²) < 4.78 is 14.2. The van der Waals surface area contributed by atoms with Crippen LogP contribution in [0.2, 0.25) is 0 Å². The summed E-state index contributed by atoms with van der Waals surface area (Å²) in [4.78, 5) is 16.1. The van der Waals surface area contributed by atoms with Gasteiger partial charge in [0.1, 0.15) is 0 Å². The van der Waals surface area contributed by atoms with Gasteiger partial charge in [0.05, 0.1) is 5.56 Å². The zero-order valence-electron chi connectivity index (χ0n) is 12.8. The van der Waals surface area contributed by atoms with Crippen molar-refractivity contribution in [2.45, 2.75) is 46.0 Å². The summed E-state index contributed by atoms with van der Waals surface area (Å²) in [5.74, 6) is -0.805. The van der Waals surface area contributed by atoms with E-state index in [0.29, 0.717) is 13.1 Å². The number of carbonyl (C=O) groups excluding carboxylic acids is 1. The lowest BCUT2D eigenvalue weighted by Crippen LogP contribution is -2.37. The quantitative estimate of drug-likeness (QED) is 0.875. The van der Waals surface area contributed by atoms with Crippen molar-refractivity contribution in [2.75, 3.05) is 18.4 Å². The maximum absolute atomic E-state index is 14.2.